The summed E-state index contributed by atoms with van der Waals surface area (Å²) < 4.78 is 44.1. The smallest absolute Gasteiger partial charge is 0.408 e. The van der Waals surface area contributed by atoms with Gasteiger partial charge in [0.1, 0.15) is 6.54 Å². The van der Waals surface area contributed by atoms with Crippen LogP contribution in [0.2, 0.25) is 0 Å². The van der Waals surface area contributed by atoms with Crippen LogP contribution in [-0.4, -0.2) is 52.4 Å². The van der Waals surface area contributed by atoms with Crippen molar-refractivity contribution in [3.8, 4) is 0 Å². The molecule has 0 aromatic carbocycles. The summed E-state index contributed by atoms with van der Waals surface area (Å²) in [7, 11) is 0. The first-order chi connectivity index (χ1) is 12.3. The summed E-state index contributed by atoms with van der Waals surface area (Å²) in [6.45, 7) is 3.28. The maximum Gasteiger partial charge on any atom is 0.408 e. The van der Waals surface area contributed by atoms with Gasteiger partial charge in [-0.15, -0.1) is 0 Å². The van der Waals surface area contributed by atoms with Crippen LogP contribution in [0.5, 0.6) is 0 Å². The Morgan fingerprint density at radius 1 is 1.35 bits per heavy atom. The molecular weight excluding hydrogens is 351 g/mol. The quantitative estimate of drug-likeness (QED) is 0.718. The zero-order valence-electron chi connectivity index (χ0n) is 15.0. The normalized spacial score (nSPS) is 18.0. The standard InChI is InChI=1S/C17H24F3N3O3/c1-3-6-14-13(9-21-23(14)11-17(18,19)20)15(24)22-8-5-7-12(10-22)16(25)26-4-2/h9,12H,3-8,10-11H2,1-2H3/t12-/m0/s1. The molecule has 1 atom stereocenters. The van der Waals surface area contributed by atoms with E-state index in [0.717, 1.165) is 4.68 Å². The molecule has 9 heteroatoms. The molecule has 1 fully saturated rings. The van der Waals surface area contributed by atoms with E-state index in [1.165, 1.54) is 11.1 Å². The van der Waals surface area contributed by atoms with E-state index in [-0.39, 0.29) is 36.3 Å². The second-order valence-corrected chi connectivity index (χ2v) is 6.37. The summed E-state index contributed by atoms with van der Waals surface area (Å²) in [5.74, 6) is -1.12. The fourth-order valence-electron chi connectivity index (χ4n) is 3.18. The van der Waals surface area contributed by atoms with Crippen LogP contribution in [0.3, 0.4) is 0 Å². The average Bonchev–Trinajstić information content (AvgIpc) is 2.95. The maximum absolute atomic E-state index is 12.8. The van der Waals surface area contributed by atoms with Crippen molar-refractivity contribution < 1.29 is 27.5 Å². The molecule has 1 aromatic rings. The number of likely N-dealkylation sites (tertiary alicyclic amines) is 1. The highest BCUT2D eigenvalue weighted by atomic mass is 19.4. The number of amides is 1. The SMILES string of the molecule is CCCc1c(C(=O)N2CCC[C@H](C(=O)OCC)C2)cnn1CC(F)(F)F. The lowest BCUT2D eigenvalue weighted by Crippen LogP contribution is -2.43. The number of hydrogen-bond donors (Lipinski definition) is 0. The fourth-order valence-corrected chi connectivity index (χ4v) is 3.18. The number of carbonyl (C=O) groups excluding carboxylic acids is 2. The van der Waals surface area contributed by atoms with E-state index in [4.69, 9.17) is 4.74 Å². The van der Waals surface area contributed by atoms with Crippen molar-refractivity contribution in [2.24, 2.45) is 5.92 Å². The van der Waals surface area contributed by atoms with Crippen molar-refractivity contribution >= 4 is 11.9 Å². The third kappa shape index (κ3) is 4.98. The van der Waals surface area contributed by atoms with Crippen LogP contribution >= 0.6 is 0 Å². The molecule has 1 aliphatic heterocycles. The Morgan fingerprint density at radius 2 is 2.08 bits per heavy atom. The van der Waals surface area contributed by atoms with Crippen LogP contribution in [0.1, 0.15) is 49.2 Å². The van der Waals surface area contributed by atoms with Gasteiger partial charge in [-0.3, -0.25) is 14.3 Å². The molecule has 0 unspecified atom stereocenters. The summed E-state index contributed by atoms with van der Waals surface area (Å²) in [5, 5.41) is 3.78. The number of ether oxygens (including phenoxy) is 1. The molecule has 1 saturated heterocycles. The van der Waals surface area contributed by atoms with Crippen LogP contribution in [0.15, 0.2) is 6.20 Å². The topological polar surface area (TPSA) is 64.4 Å². The lowest BCUT2D eigenvalue weighted by atomic mass is 9.97. The van der Waals surface area contributed by atoms with Gasteiger partial charge in [0.2, 0.25) is 0 Å². The Labute approximate surface area is 150 Å². The zero-order chi connectivity index (χ0) is 19.3. The second kappa shape index (κ2) is 8.55. The first-order valence-electron chi connectivity index (χ1n) is 8.84. The molecule has 0 spiro atoms. The average molecular weight is 375 g/mol. The number of esters is 1. The number of aromatic nitrogens is 2. The highest BCUT2D eigenvalue weighted by molar-refractivity contribution is 5.95. The Kier molecular flexibility index (Phi) is 6.66. The zero-order valence-corrected chi connectivity index (χ0v) is 15.0. The number of rotatable bonds is 6. The molecule has 1 amide bonds. The van der Waals surface area contributed by atoms with Crippen LogP contribution in [0.25, 0.3) is 0 Å². The van der Waals surface area contributed by atoms with Crippen molar-refractivity contribution in [1.82, 2.24) is 14.7 Å². The summed E-state index contributed by atoms with van der Waals surface area (Å²) in [4.78, 5) is 26.3. The van der Waals surface area contributed by atoms with Crippen LogP contribution in [-0.2, 0) is 22.5 Å². The van der Waals surface area contributed by atoms with Crippen molar-refractivity contribution in [2.75, 3.05) is 19.7 Å². The minimum Gasteiger partial charge on any atom is -0.466 e. The van der Waals surface area contributed by atoms with Crippen LogP contribution in [0.4, 0.5) is 13.2 Å². The Balaban J connectivity index is 2.19. The number of alkyl halides is 3. The van der Waals surface area contributed by atoms with E-state index < -0.39 is 18.6 Å². The third-order valence-corrected chi connectivity index (χ3v) is 4.32. The molecule has 26 heavy (non-hydrogen) atoms. The van der Waals surface area contributed by atoms with E-state index in [0.29, 0.717) is 32.2 Å². The summed E-state index contributed by atoms with van der Waals surface area (Å²) in [6.07, 6.45) is -1.00. The molecule has 0 N–H and O–H groups in total. The first kappa shape index (κ1) is 20.3. The van der Waals surface area contributed by atoms with Gasteiger partial charge in [-0.2, -0.15) is 18.3 Å². The van der Waals surface area contributed by atoms with Gasteiger partial charge in [0.15, 0.2) is 0 Å². The molecule has 0 saturated carbocycles. The van der Waals surface area contributed by atoms with Crippen molar-refractivity contribution in [3.63, 3.8) is 0 Å². The van der Waals surface area contributed by atoms with Gasteiger partial charge >= 0.3 is 12.1 Å². The summed E-state index contributed by atoms with van der Waals surface area (Å²) >= 11 is 0. The van der Waals surface area contributed by atoms with E-state index in [2.05, 4.69) is 5.10 Å². The van der Waals surface area contributed by atoms with E-state index in [1.54, 1.807) is 6.92 Å². The lowest BCUT2D eigenvalue weighted by molar-refractivity contribution is -0.149. The molecule has 2 rings (SSSR count). The van der Waals surface area contributed by atoms with Gasteiger partial charge in [-0.05, 0) is 26.2 Å². The van der Waals surface area contributed by atoms with E-state index >= 15 is 0 Å². The molecular formula is C17H24F3N3O3. The van der Waals surface area contributed by atoms with Crippen molar-refractivity contribution in [3.05, 3.63) is 17.5 Å². The predicted molar refractivity (Wildman–Crippen MR) is 87.5 cm³/mol. The summed E-state index contributed by atoms with van der Waals surface area (Å²) in [6, 6.07) is 0. The molecule has 6 nitrogen and oxygen atoms in total. The third-order valence-electron chi connectivity index (χ3n) is 4.32. The van der Waals surface area contributed by atoms with Gasteiger partial charge in [0.05, 0.1) is 30.0 Å². The van der Waals surface area contributed by atoms with Crippen molar-refractivity contribution in [1.29, 1.82) is 0 Å². The van der Waals surface area contributed by atoms with E-state index in [9.17, 15) is 22.8 Å². The van der Waals surface area contributed by atoms with Gasteiger partial charge in [0.25, 0.3) is 5.91 Å². The fraction of sp³-hybridized carbons (Fsp3) is 0.706. The highest BCUT2D eigenvalue weighted by Crippen LogP contribution is 2.24. The molecule has 0 radical (unpaired) electrons. The molecule has 1 aromatic heterocycles. The Hall–Kier alpha value is -2.06. The van der Waals surface area contributed by atoms with Gasteiger partial charge in [-0.1, -0.05) is 13.3 Å². The number of nitrogens with zero attached hydrogens (tertiary/aromatic N) is 3. The largest absolute Gasteiger partial charge is 0.466 e. The molecule has 1 aliphatic rings. The van der Waals surface area contributed by atoms with Gasteiger partial charge in [-0.25, -0.2) is 0 Å². The minimum absolute atomic E-state index is 0.181. The van der Waals surface area contributed by atoms with Gasteiger partial charge < -0.3 is 9.64 Å². The maximum atomic E-state index is 12.8. The molecule has 146 valence electrons. The van der Waals surface area contributed by atoms with Gasteiger partial charge in [0, 0.05) is 13.1 Å². The first-order valence-corrected chi connectivity index (χ1v) is 8.84. The number of piperidine rings is 1. The number of halogens is 3. The number of hydrogen-bond acceptors (Lipinski definition) is 4. The molecule has 0 aliphatic carbocycles. The lowest BCUT2D eigenvalue weighted by Gasteiger charge is -2.31. The highest BCUT2D eigenvalue weighted by Gasteiger charge is 2.34. The Bertz CT molecular complexity index is 643. The predicted octanol–water partition coefficient (Wildman–Crippen LogP) is 2.81. The monoisotopic (exact) mass is 375 g/mol. The summed E-state index contributed by atoms with van der Waals surface area (Å²) in [5.41, 5.74) is 0.466. The van der Waals surface area contributed by atoms with Crippen LogP contribution < -0.4 is 0 Å². The second-order valence-electron chi connectivity index (χ2n) is 6.37. The van der Waals surface area contributed by atoms with Crippen LogP contribution in [0, 0.1) is 5.92 Å². The minimum atomic E-state index is -4.41. The number of carbonyl (C=O) groups is 2. The van der Waals surface area contributed by atoms with E-state index in [1.807, 2.05) is 6.92 Å². The Morgan fingerprint density at radius 3 is 2.69 bits per heavy atom. The molecule has 2 heterocycles. The molecule has 0 bridgehead atoms. The van der Waals surface area contributed by atoms with Crippen molar-refractivity contribution in [2.45, 2.75) is 52.3 Å².